The van der Waals surface area contributed by atoms with Crippen molar-refractivity contribution in [3.63, 3.8) is 0 Å². The van der Waals surface area contributed by atoms with Crippen molar-refractivity contribution in [2.75, 3.05) is 14.1 Å². The third kappa shape index (κ3) is 2.82. The lowest BCUT2D eigenvalue weighted by Crippen LogP contribution is -2.60. The van der Waals surface area contributed by atoms with E-state index < -0.39 is 5.41 Å². The summed E-state index contributed by atoms with van der Waals surface area (Å²) in [5.74, 6) is 0.682. The van der Waals surface area contributed by atoms with E-state index in [4.69, 9.17) is 5.73 Å². The Hall–Kier alpha value is -0.570. The van der Waals surface area contributed by atoms with Gasteiger partial charge in [-0.2, -0.15) is 0 Å². The van der Waals surface area contributed by atoms with Crippen LogP contribution in [0.2, 0.25) is 0 Å². The monoisotopic (exact) mass is 242 g/mol. The molecule has 3 heteroatoms. The minimum atomic E-state index is -0.475. The zero-order valence-electron chi connectivity index (χ0n) is 12.7. The molecule has 0 radical (unpaired) electrons. The molecule has 0 spiro atoms. The van der Waals surface area contributed by atoms with Crippen LogP contribution in [-0.4, -0.2) is 30.9 Å². The molecule has 0 saturated heterocycles. The molecule has 0 saturated carbocycles. The molecular formula is C14H30N2O. The van der Waals surface area contributed by atoms with Gasteiger partial charge < -0.3 is 10.6 Å². The van der Waals surface area contributed by atoms with Crippen LogP contribution < -0.4 is 5.73 Å². The summed E-state index contributed by atoms with van der Waals surface area (Å²) in [5.41, 5.74) is 5.31. The van der Waals surface area contributed by atoms with Gasteiger partial charge in [0.05, 0.1) is 5.41 Å². The number of nitrogens with zero attached hydrogens (tertiary/aromatic N) is 1. The predicted octanol–water partition coefficient (Wildman–Crippen LogP) is 2.36. The Morgan fingerprint density at radius 1 is 1.00 bits per heavy atom. The number of primary amides is 1. The Kier molecular flexibility index (Phi) is 5.66. The average Bonchev–Trinajstić information content (AvgIpc) is 2.09. The molecule has 3 nitrogen and oxygen atoms in total. The van der Waals surface area contributed by atoms with Gasteiger partial charge in [0.2, 0.25) is 5.91 Å². The Balaban J connectivity index is 5.79. The minimum absolute atomic E-state index is 0.167. The summed E-state index contributed by atoms with van der Waals surface area (Å²) < 4.78 is 0. The molecule has 0 aromatic rings. The van der Waals surface area contributed by atoms with Crippen LogP contribution in [0.15, 0.2) is 0 Å². The van der Waals surface area contributed by atoms with Crippen molar-refractivity contribution in [3.05, 3.63) is 0 Å². The second-order valence-corrected chi connectivity index (χ2v) is 6.26. The summed E-state index contributed by atoms with van der Waals surface area (Å²) >= 11 is 0. The number of rotatable bonds is 6. The standard InChI is InChI=1S/C14H30N2O/c1-9(2)12(16(7)8)14(10(3)4,11(5)6)13(15)17/h9-12H,1-8H3,(H2,15,17). The molecule has 0 aliphatic carbocycles. The number of carbonyl (C=O) groups is 1. The van der Waals surface area contributed by atoms with Gasteiger partial charge in [0.25, 0.3) is 0 Å². The van der Waals surface area contributed by atoms with Gasteiger partial charge in [-0.3, -0.25) is 4.79 Å². The molecule has 1 amide bonds. The third-order valence-corrected chi connectivity index (χ3v) is 4.01. The number of carbonyl (C=O) groups excluding carboxylic acids is 1. The first kappa shape index (κ1) is 16.4. The highest BCUT2D eigenvalue weighted by Gasteiger charge is 2.51. The van der Waals surface area contributed by atoms with E-state index in [9.17, 15) is 4.79 Å². The average molecular weight is 242 g/mol. The van der Waals surface area contributed by atoms with Crippen LogP contribution >= 0.6 is 0 Å². The Morgan fingerprint density at radius 3 is 1.41 bits per heavy atom. The van der Waals surface area contributed by atoms with Gasteiger partial charge >= 0.3 is 0 Å². The van der Waals surface area contributed by atoms with Crippen LogP contribution in [0.1, 0.15) is 41.5 Å². The lowest BCUT2D eigenvalue weighted by molar-refractivity contribution is -0.141. The first-order chi connectivity index (χ1) is 7.59. The van der Waals surface area contributed by atoms with Crippen LogP contribution in [0.4, 0.5) is 0 Å². The lowest BCUT2D eigenvalue weighted by atomic mass is 9.60. The summed E-state index contributed by atoms with van der Waals surface area (Å²) in [4.78, 5) is 14.3. The number of hydrogen-bond acceptors (Lipinski definition) is 2. The van der Waals surface area contributed by atoms with Gasteiger partial charge in [0, 0.05) is 6.04 Å². The SMILES string of the molecule is CC(C)C(N(C)C)C(C(N)=O)(C(C)C)C(C)C. The summed E-state index contributed by atoms with van der Waals surface area (Å²) in [6, 6.07) is 0.167. The van der Waals surface area contributed by atoms with Crippen LogP contribution in [0.25, 0.3) is 0 Å². The Bertz CT molecular complexity index is 241. The zero-order valence-corrected chi connectivity index (χ0v) is 12.7. The molecule has 17 heavy (non-hydrogen) atoms. The van der Waals surface area contributed by atoms with Crippen molar-refractivity contribution in [3.8, 4) is 0 Å². The van der Waals surface area contributed by atoms with E-state index in [0.717, 1.165) is 0 Å². The van der Waals surface area contributed by atoms with Crippen molar-refractivity contribution in [1.82, 2.24) is 4.90 Å². The lowest BCUT2D eigenvalue weighted by Gasteiger charge is -2.49. The van der Waals surface area contributed by atoms with E-state index >= 15 is 0 Å². The summed E-state index contributed by atoms with van der Waals surface area (Å²) in [6.45, 7) is 12.7. The van der Waals surface area contributed by atoms with Crippen LogP contribution in [-0.2, 0) is 4.79 Å². The molecule has 0 rings (SSSR count). The van der Waals surface area contributed by atoms with E-state index in [0.29, 0.717) is 5.92 Å². The topological polar surface area (TPSA) is 46.3 Å². The highest BCUT2D eigenvalue weighted by Crippen LogP contribution is 2.43. The quantitative estimate of drug-likeness (QED) is 0.777. The van der Waals surface area contributed by atoms with E-state index in [1.807, 2.05) is 14.1 Å². The van der Waals surface area contributed by atoms with Gasteiger partial charge in [-0.15, -0.1) is 0 Å². The predicted molar refractivity (Wildman–Crippen MR) is 73.6 cm³/mol. The first-order valence-corrected chi connectivity index (χ1v) is 6.56. The van der Waals surface area contributed by atoms with Crippen LogP contribution in [0.3, 0.4) is 0 Å². The molecule has 1 atom stereocenters. The highest BCUT2D eigenvalue weighted by molar-refractivity contribution is 5.82. The van der Waals surface area contributed by atoms with E-state index in [2.05, 4.69) is 46.4 Å². The third-order valence-electron chi connectivity index (χ3n) is 4.01. The smallest absolute Gasteiger partial charge is 0.225 e. The van der Waals surface area contributed by atoms with Gasteiger partial charge in [-0.25, -0.2) is 0 Å². The van der Waals surface area contributed by atoms with Gasteiger partial charge in [-0.1, -0.05) is 41.5 Å². The molecule has 0 aromatic carbocycles. The molecule has 0 fully saturated rings. The van der Waals surface area contributed by atoms with Crippen molar-refractivity contribution in [2.24, 2.45) is 28.9 Å². The fourth-order valence-corrected chi connectivity index (χ4v) is 3.64. The number of hydrogen-bond donors (Lipinski definition) is 1. The van der Waals surface area contributed by atoms with Crippen LogP contribution in [0, 0.1) is 23.2 Å². The Morgan fingerprint density at radius 2 is 1.35 bits per heavy atom. The minimum Gasteiger partial charge on any atom is -0.369 e. The second kappa shape index (κ2) is 5.85. The van der Waals surface area contributed by atoms with E-state index in [1.165, 1.54) is 0 Å². The molecule has 102 valence electrons. The first-order valence-electron chi connectivity index (χ1n) is 6.56. The fourth-order valence-electron chi connectivity index (χ4n) is 3.64. The van der Waals surface area contributed by atoms with Crippen molar-refractivity contribution in [2.45, 2.75) is 47.6 Å². The molecule has 0 heterocycles. The molecular weight excluding hydrogens is 212 g/mol. The maximum Gasteiger partial charge on any atom is 0.225 e. The normalized spacial score (nSPS) is 15.1. The highest BCUT2D eigenvalue weighted by atomic mass is 16.1. The maximum absolute atomic E-state index is 12.2. The molecule has 1 unspecified atom stereocenters. The summed E-state index contributed by atoms with van der Waals surface area (Å²) in [7, 11) is 4.07. The number of amides is 1. The van der Waals surface area contributed by atoms with Crippen molar-refractivity contribution >= 4 is 5.91 Å². The van der Waals surface area contributed by atoms with E-state index in [1.54, 1.807) is 0 Å². The van der Waals surface area contributed by atoms with Crippen molar-refractivity contribution in [1.29, 1.82) is 0 Å². The summed E-state index contributed by atoms with van der Waals surface area (Å²) in [6.07, 6.45) is 0. The largest absolute Gasteiger partial charge is 0.369 e. The van der Waals surface area contributed by atoms with Gasteiger partial charge in [-0.05, 0) is 31.8 Å². The maximum atomic E-state index is 12.2. The second-order valence-electron chi connectivity index (χ2n) is 6.26. The molecule has 0 bridgehead atoms. The van der Waals surface area contributed by atoms with Gasteiger partial charge in [0.15, 0.2) is 0 Å². The van der Waals surface area contributed by atoms with Crippen LogP contribution in [0.5, 0.6) is 0 Å². The van der Waals surface area contributed by atoms with Gasteiger partial charge in [0.1, 0.15) is 0 Å². The molecule has 0 aliphatic rings. The molecule has 0 aliphatic heterocycles. The number of nitrogens with two attached hydrogens (primary N) is 1. The Labute approximate surface area is 107 Å². The zero-order chi connectivity index (χ0) is 14.0. The molecule has 0 aromatic heterocycles. The fraction of sp³-hybridized carbons (Fsp3) is 0.929. The summed E-state index contributed by atoms with van der Waals surface area (Å²) in [5, 5.41) is 0. The van der Waals surface area contributed by atoms with Crippen molar-refractivity contribution < 1.29 is 4.79 Å². The molecule has 2 N–H and O–H groups in total. The van der Waals surface area contributed by atoms with E-state index in [-0.39, 0.29) is 23.8 Å².